The van der Waals surface area contributed by atoms with Crippen LogP contribution < -0.4 is 16.4 Å². The molecule has 4 aromatic rings. The van der Waals surface area contributed by atoms with Crippen molar-refractivity contribution < 1.29 is 14.4 Å². The van der Waals surface area contributed by atoms with Crippen LogP contribution in [0.5, 0.6) is 0 Å². The van der Waals surface area contributed by atoms with Crippen molar-refractivity contribution in [3.05, 3.63) is 114 Å². The normalized spacial score (nSPS) is 10.8. The lowest BCUT2D eigenvalue weighted by Crippen LogP contribution is -2.33. The molecule has 0 fully saturated rings. The first-order valence-corrected chi connectivity index (χ1v) is 11.3. The SMILES string of the molecule is NC(=O)CNC(=O)c1cccc(NC(=O)/C=C/c2cn(Cc3ccccc3)nc2-c2ccccc2)c1. The van der Waals surface area contributed by atoms with E-state index in [0.717, 1.165) is 22.4 Å². The summed E-state index contributed by atoms with van der Waals surface area (Å²) in [5, 5.41) is 9.93. The Balaban J connectivity index is 1.50. The molecule has 0 atom stereocenters. The van der Waals surface area contributed by atoms with E-state index in [2.05, 4.69) is 10.6 Å². The van der Waals surface area contributed by atoms with Crippen LogP contribution in [0.4, 0.5) is 5.69 Å². The van der Waals surface area contributed by atoms with E-state index in [9.17, 15) is 14.4 Å². The molecule has 0 unspecified atom stereocenters. The molecule has 0 saturated carbocycles. The van der Waals surface area contributed by atoms with E-state index in [4.69, 9.17) is 10.8 Å². The van der Waals surface area contributed by atoms with E-state index in [1.54, 1.807) is 24.3 Å². The Morgan fingerprint density at radius 2 is 1.64 bits per heavy atom. The minimum atomic E-state index is -0.639. The maximum Gasteiger partial charge on any atom is 0.251 e. The van der Waals surface area contributed by atoms with Crippen molar-refractivity contribution >= 4 is 29.5 Å². The number of nitrogens with two attached hydrogens (primary N) is 1. The molecule has 0 spiro atoms. The number of amides is 3. The smallest absolute Gasteiger partial charge is 0.251 e. The van der Waals surface area contributed by atoms with Crippen LogP contribution in [0, 0.1) is 0 Å². The summed E-state index contributed by atoms with van der Waals surface area (Å²) in [6.45, 7) is 0.338. The molecule has 0 aliphatic heterocycles. The molecule has 8 nitrogen and oxygen atoms in total. The summed E-state index contributed by atoms with van der Waals surface area (Å²) in [7, 11) is 0. The number of nitrogens with zero attached hydrogens (tertiary/aromatic N) is 2. The maximum atomic E-state index is 12.6. The number of aromatic nitrogens is 2. The van der Waals surface area contributed by atoms with Gasteiger partial charge in [0.1, 0.15) is 0 Å². The topological polar surface area (TPSA) is 119 Å². The number of hydrogen-bond donors (Lipinski definition) is 3. The number of benzene rings is 3. The largest absolute Gasteiger partial charge is 0.368 e. The summed E-state index contributed by atoms with van der Waals surface area (Å²) < 4.78 is 1.85. The van der Waals surface area contributed by atoms with Crippen molar-refractivity contribution in [1.29, 1.82) is 0 Å². The second kappa shape index (κ2) is 11.4. The van der Waals surface area contributed by atoms with Gasteiger partial charge >= 0.3 is 0 Å². The maximum absolute atomic E-state index is 12.6. The molecule has 3 amide bonds. The number of anilines is 1. The van der Waals surface area contributed by atoms with E-state index >= 15 is 0 Å². The Labute approximate surface area is 208 Å². The van der Waals surface area contributed by atoms with Crippen molar-refractivity contribution in [2.45, 2.75) is 6.54 Å². The molecule has 4 rings (SSSR count). The first kappa shape index (κ1) is 24.2. The molecular weight excluding hydrogens is 454 g/mol. The molecule has 0 bridgehead atoms. The van der Waals surface area contributed by atoms with Gasteiger partial charge in [-0.2, -0.15) is 5.10 Å². The number of rotatable bonds is 9. The Morgan fingerprint density at radius 3 is 2.36 bits per heavy atom. The van der Waals surface area contributed by atoms with E-state index < -0.39 is 11.8 Å². The lowest BCUT2D eigenvalue weighted by molar-refractivity contribution is -0.117. The zero-order valence-corrected chi connectivity index (χ0v) is 19.4. The highest BCUT2D eigenvalue weighted by molar-refractivity contribution is 6.03. The van der Waals surface area contributed by atoms with Gasteiger partial charge in [-0.25, -0.2) is 0 Å². The van der Waals surface area contributed by atoms with Crippen LogP contribution in [0.25, 0.3) is 17.3 Å². The van der Waals surface area contributed by atoms with E-state index in [0.29, 0.717) is 17.8 Å². The zero-order valence-electron chi connectivity index (χ0n) is 19.4. The Hall–Kier alpha value is -4.98. The highest BCUT2D eigenvalue weighted by Crippen LogP contribution is 2.23. The van der Waals surface area contributed by atoms with Crippen molar-refractivity contribution in [2.75, 3.05) is 11.9 Å². The van der Waals surface area contributed by atoms with Gasteiger partial charge in [-0.05, 0) is 29.8 Å². The molecule has 1 aromatic heterocycles. The van der Waals surface area contributed by atoms with Crippen molar-refractivity contribution in [3.63, 3.8) is 0 Å². The minimum Gasteiger partial charge on any atom is -0.368 e. The molecular formula is C28H25N5O3. The second-order valence-corrected chi connectivity index (χ2v) is 8.03. The number of hydrogen-bond acceptors (Lipinski definition) is 4. The fourth-order valence-corrected chi connectivity index (χ4v) is 3.59. The predicted octanol–water partition coefficient (Wildman–Crippen LogP) is 3.47. The Kier molecular flexibility index (Phi) is 7.67. The predicted molar refractivity (Wildman–Crippen MR) is 139 cm³/mol. The van der Waals surface area contributed by atoms with Crippen molar-refractivity contribution in [2.24, 2.45) is 5.73 Å². The quantitative estimate of drug-likeness (QED) is 0.319. The van der Waals surface area contributed by atoms with Gasteiger partial charge in [-0.1, -0.05) is 66.7 Å². The standard InChI is InChI=1S/C28H25N5O3/c29-25(34)17-30-28(36)22-12-7-13-24(16-22)31-26(35)15-14-23-19-33(18-20-8-3-1-4-9-20)32-27(23)21-10-5-2-6-11-21/h1-16,19H,17-18H2,(H2,29,34)(H,30,36)(H,31,35)/b15-14+. The number of carbonyl (C=O) groups is 3. The third-order valence-corrected chi connectivity index (χ3v) is 5.25. The van der Waals surface area contributed by atoms with Gasteiger partial charge < -0.3 is 16.4 Å². The summed E-state index contributed by atoms with van der Waals surface area (Å²) in [6.07, 6.45) is 5.05. The number of primary amides is 1. The van der Waals surface area contributed by atoms with Gasteiger partial charge in [0.05, 0.1) is 18.8 Å². The first-order chi connectivity index (χ1) is 17.5. The summed E-state index contributed by atoms with van der Waals surface area (Å²) in [5.74, 6) is -1.46. The summed E-state index contributed by atoms with van der Waals surface area (Å²) in [4.78, 5) is 35.7. The highest BCUT2D eigenvalue weighted by atomic mass is 16.2. The Morgan fingerprint density at radius 1 is 0.917 bits per heavy atom. The molecule has 0 aliphatic rings. The Bertz CT molecular complexity index is 1400. The van der Waals surface area contributed by atoms with Gasteiger partial charge in [0.15, 0.2) is 0 Å². The van der Waals surface area contributed by atoms with Crippen LogP contribution >= 0.6 is 0 Å². The number of carbonyl (C=O) groups excluding carboxylic acids is 3. The van der Waals surface area contributed by atoms with Crippen molar-refractivity contribution in [1.82, 2.24) is 15.1 Å². The third-order valence-electron chi connectivity index (χ3n) is 5.25. The van der Waals surface area contributed by atoms with Crippen LogP contribution in [0.2, 0.25) is 0 Å². The molecule has 0 radical (unpaired) electrons. The van der Waals surface area contributed by atoms with Gasteiger partial charge in [0, 0.05) is 34.7 Å². The second-order valence-electron chi connectivity index (χ2n) is 8.03. The average molecular weight is 480 g/mol. The average Bonchev–Trinajstić information content (AvgIpc) is 3.29. The van der Waals surface area contributed by atoms with Crippen LogP contribution in [-0.2, 0) is 16.1 Å². The number of nitrogens with one attached hydrogen (secondary N) is 2. The fraction of sp³-hybridized carbons (Fsp3) is 0.0714. The molecule has 3 aromatic carbocycles. The lowest BCUT2D eigenvalue weighted by Gasteiger charge is -2.06. The molecule has 0 aliphatic carbocycles. The van der Waals surface area contributed by atoms with E-state index in [1.165, 1.54) is 12.1 Å². The molecule has 8 heteroatoms. The summed E-state index contributed by atoms with van der Waals surface area (Å²) >= 11 is 0. The molecule has 4 N–H and O–H groups in total. The van der Waals surface area contributed by atoms with Gasteiger partial charge in [0.25, 0.3) is 5.91 Å². The van der Waals surface area contributed by atoms with Crippen LogP contribution in [0.3, 0.4) is 0 Å². The van der Waals surface area contributed by atoms with Crippen LogP contribution in [0.1, 0.15) is 21.5 Å². The molecule has 0 saturated heterocycles. The van der Waals surface area contributed by atoms with Gasteiger partial charge in [-0.15, -0.1) is 0 Å². The molecule has 1 heterocycles. The summed E-state index contributed by atoms with van der Waals surface area (Å²) in [5.41, 5.74) is 9.43. The monoisotopic (exact) mass is 479 g/mol. The van der Waals surface area contributed by atoms with E-state index in [1.807, 2.05) is 71.5 Å². The van der Waals surface area contributed by atoms with Crippen LogP contribution in [-0.4, -0.2) is 34.0 Å². The highest BCUT2D eigenvalue weighted by Gasteiger charge is 2.11. The third kappa shape index (κ3) is 6.54. The van der Waals surface area contributed by atoms with Crippen LogP contribution in [0.15, 0.2) is 97.2 Å². The fourth-order valence-electron chi connectivity index (χ4n) is 3.59. The minimum absolute atomic E-state index is 0.264. The lowest BCUT2D eigenvalue weighted by atomic mass is 10.1. The summed E-state index contributed by atoms with van der Waals surface area (Å²) in [6, 6.07) is 26.2. The van der Waals surface area contributed by atoms with Gasteiger partial charge in [-0.3, -0.25) is 19.1 Å². The molecule has 180 valence electrons. The zero-order chi connectivity index (χ0) is 25.3. The van der Waals surface area contributed by atoms with Gasteiger partial charge in [0.2, 0.25) is 11.8 Å². The van der Waals surface area contributed by atoms with Crippen molar-refractivity contribution in [3.8, 4) is 11.3 Å². The van der Waals surface area contributed by atoms with E-state index in [-0.39, 0.29) is 12.5 Å². The first-order valence-electron chi connectivity index (χ1n) is 11.3. The molecule has 36 heavy (non-hydrogen) atoms.